The standard InChI is InChI=1S/C37H48N6O10/c1-23-7-8-26-28(18-23)39-29(19-31(26)52-22-32(44)43-12-3-6-30(43)35(47)38-25-4-2-5-25)34(46)40-27(9-10-33(45)53-21-24-11-17-51-20-24)36(48)41-13-15-42(16-14-41)37(49)50/h7-8,18-19,24-25,27,30H,2-6,9-17,20-22H2,1H3,(H,38,47)(H,40,46)(H,49,50)/t24?,27-,30-/m0/s1. The highest BCUT2D eigenvalue weighted by molar-refractivity contribution is 5.99. The third kappa shape index (κ3) is 9.52. The van der Waals surface area contributed by atoms with Gasteiger partial charge in [-0.3, -0.25) is 24.0 Å². The number of rotatable bonds is 13. The zero-order valence-electron chi connectivity index (χ0n) is 30.0. The van der Waals surface area contributed by atoms with Crippen LogP contribution in [0.25, 0.3) is 10.9 Å². The third-order valence-electron chi connectivity index (χ3n) is 10.4. The summed E-state index contributed by atoms with van der Waals surface area (Å²) in [6, 6.07) is 5.30. The van der Waals surface area contributed by atoms with E-state index < -0.39 is 36.0 Å². The maximum Gasteiger partial charge on any atom is 0.407 e. The van der Waals surface area contributed by atoms with Crippen molar-refractivity contribution < 1.29 is 48.1 Å². The predicted octanol–water partition coefficient (Wildman–Crippen LogP) is 1.86. The minimum absolute atomic E-state index is 0.0560. The minimum Gasteiger partial charge on any atom is -0.483 e. The maximum absolute atomic E-state index is 13.9. The molecule has 3 saturated heterocycles. The molecular weight excluding hydrogens is 688 g/mol. The maximum atomic E-state index is 13.9. The van der Waals surface area contributed by atoms with Gasteiger partial charge in [-0.15, -0.1) is 0 Å². The molecule has 286 valence electrons. The van der Waals surface area contributed by atoms with Gasteiger partial charge in [0, 0.05) is 69.2 Å². The molecule has 1 saturated carbocycles. The van der Waals surface area contributed by atoms with Gasteiger partial charge in [-0.05, 0) is 69.6 Å². The number of esters is 1. The number of nitrogens with one attached hydrogen (secondary N) is 2. The van der Waals surface area contributed by atoms with E-state index in [0.717, 1.165) is 31.2 Å². The van der Waals surface area contributed by atoms with Crippen molar-refractivity contribution in [3.63, 3.8) is 0 Å². The van der Waals surface area contributed by atoms with E-state index in [4.69, 9.17) is 14.2 Å². The number of amides is 5. The van der Waals surface area contributed by atoms with Crippen molar-refractivity contribution in [3.8, 4) is 5.75 Å². The first-order valence-electron chi connectivity index (χ1n) is 18.5. The molecule has 6 rings (SSSR count). The number of aromatic nitrogens is 1. The molecule has 1 aromatic heterocycles. The number of hydrogen-bond acceptors (Lipinski definition) is 10. The van der Waals surface area contributed by atoms with Gasteiger partial charge in [-0.2, -0.15) is 0 Å². The Bertz CT molecular complexity index is 1700. The molecule has 3 atom stereocenters. The van der Waals surface area contributed by atoms with Gasteiger partial charge in [0.25, 0.3) is 11.8 Å². The van der Waals surface area contributed by atoms with Gasteiger partial charge in [0.2, 0.25) is 11.8 Å². The molecule has 5 amide bonds. The number of carbonyl (C=O) groups is 6. The number of pyridine rings is 1. The van der Waals surface area contributed by atoms with Gasteiger partial charge in [0.15, 0.2) is 6.61 Å². The van der Waals surface area contributed by atoms with Crippen LogP contribution >= 0.6 is 0 Å². The van der Waals surface area contributed by atoms with Crippen LogP contribution in [-0.2, 0) is 28.7 Å². The summed E-state index contributed by atoms with van der Waals surface area (Å²) in [5, 5.41) is 15.7. The molecule has 0 bridgehead atoms. The molecule has 1 aliphatic carbocycles. The number of carboxylic acid groups (broad SMARTS) is 1. The van der Waals surface area contributed by atoms with Crippen LogP contribution in [0.5, 0.6) is 5.75 Å². The van der Waals surface area contributed by atoms with Gasteiger partial charge in [0.1, 0.15) is 23.5 Å². The van der Waals surface area contributed by atoms with E-state index in [1.807, 2.05) is 13.0 Å². The lowest BCUT2D eigenvalue weighted by Crippen LogP contribution is -2.55. The smallest absolute Gasteiger partial charge is 0.407 e. The summed E-state index contributed by atoms with van der Waals surface area (Å²) in [6.45, 7) is 3.77. The summed E-state index contributed by atoms with van der Waals surface area (Å²) in [4.78, 5) is 86.9. The summed E-state index contributed by atoms with van der Waals surface area (Å²) in [6.07, 6.45) is 3.78. The third-order valence-corrected chi connectivity index (χ3v) is 10.4. The van der Waals surface area contributed by atoms with Crippen molar-refractivity contribution in [1.29, 1.82) is 0 Å². The highest BCUT2D eigenvalue weighted by Gasteiger charge is 2.36. The lowest BCUT2D eigenvalue weighted by Gasteiger charge is -2.35. The van der Waals surface area contributed by atoms with Crippen LogP contribution in [0.1, 0.15) is 67.4 Å². The fourth-order valence-electron chi connectivity index (χ4n) is 7.04. The van der Waals surface area contributed by atoms with E-state index >= 15 is 0 Å². The number of nitrogens with zero attached hydrogens (tertiary/aromatic N) is 4. The summed E-state index contributed by atoms with van der Waals surface area (Å²) in [5.74, 6) is -1.81. The molecule has 3 aliphatic heterocycles. The number of carbonyl (C=O) groups excluding carboxylic acids is 5. The zero-order valence-corrected chi connectivity index (χ0v) is 30.0. The average molecular weight is 737 g/mol. The SMILES string of the molecule is Cc1ccc2c(OCC(=O)N3CCC[C@H]3C(=O)NC3CCC3)cc(C(=O)N[C@@H](CCC(=O)OCC3CCOC3)C(=O)N3CCN(C(=O)O)CC3)nc2c1. The fourth-order valence-corrected chi connectivity index (χ4v) is 7.04. The summed E-state index contributed by atoms with van der Waals surface area (Å²) in [7, 11) is 0. The predicted molar refractivity (Wildman–Crippen MR) is 189 cm³/mol. The van der Waals surface area contributed by atoms with Crippen molar-refractivity contribution in [2.24, 2.45) is 5.92 Å². The Labute approximate surface area is 307 Å². The molecule has 3 N–H and O–H groups in total. The Morgan fingerprint density at radius 2 is 1.75 bits per heavy atom. The monoisotopic (exact) mass is 736 g/mol. The Hall–Kier alpha value is -4.99. The Kier molecular flexibility index (Phi) is 12.3. The summed E-state index contributed by atoms with van der Waals surface area (Å²) < 4.78 is 16.8. The second kappa shape index (κ2) is 17.2. The molecule has 1 unspecified atom stereocenters. The first-order chi connectivity index (χ1) is 25.5. The molecule has 4 aliphatic rings. The van der Waals surface area contributed by atoms with Crippen molar-refractivity contribution in [1.82, 2.24) is 30.3 Å². The first kappa shape index (κ1) is 37.8. The summed E-state index contributed by atoms with van der Waals surface area (Å²) in [5.41, 5.74) is 1.24. The number of piperazine rings is 1. The van der Waals surface area contributed by atoms with E-state index in [9.17, 15) is 33.9 Å². The molecule has 16 nitrogen and oxygen atoms in total. The quantitative estimate of drug-likeness (QED) is 0.254. The van der Waals surface area contributed by atoms with E-state index in [-0.39, 0.29) is 87.5 Å². The zero-order chi connectivity index (χ0) is 37.5. The van der Waals surface area contributed by atoms with Crippen LogP contribution in [0.2, 0.25) is 0 Å². The van der Waals surface area contributed by atoms with E-state index in [1.54, 1.807) is 17.0 Å². The Morgan fingerprint density at radius 1 is 0.981 bits per heavy atom. The molecule has 53 heavy (non-hydrogen) atoms. The second-order valence-electron chi connectivity index (χ2n) is 14.3. The van der Waals surface area contributed by atoms with Crippen LogP contribution in [0, 0.1) is 12.8 Å². The number of benzene rings is 1. The normalized spacial score (nSPS) is 20.8. The van der Waals surface area contributed by atoms with Crippen LogP contribution in [0.15, 0.2) is 24.3 Å². The molecule has 16 heteroatoms. The van der Waals surface area contributed by atoms with Gasteiger partial charge in [-0.25, -0.2) is 9.78 Å². The fraction of sp³-hybridized carbons (Fsp3) is 0.595. The molecule has 4 fully saturated rings. The number of ether oxygens (including phenoxy) is 3. The van der Waals surface area contributed by atoms with Crippen molar-refractivity contribution in [2.75, 3.05) is 59.2 Å². The molecule has 0 spiro atoms. The highest BCUT2D eigenvalue weighted by atomic mass is 16.5. The lowest BCUT2D eigenvalue weighted by molar-refractivity contribution is -0.145. The van der Waals surface area contributed by atoms with Crippen molar-refractivity contribution in [3.05, 3.63) is 35.5 Å². The number of hydrogen-bond donors (Lipinski definition) is 3. The van der Waals surface area contributed by atoms with Crippen LogP contribution in [0.3, 0.4) is 0 Å². The van der Waals surface area contributed by atoms with Crippen LogP contribution < -0.4 is 15.4 Å². The average Bonchev–Trinajstić information content (AvgIpc) is 3.85. The molecule has 1 aromatic carbocycles. The molecule has 0 radical (unpaired) electrons. The molecular formula is C37H48N6O10. The molecule has 4 heterocycles. The second-order valence-corrected chi connectivity index (χ2v) is 14.3. The van der Waals surface area contributed by atoms with E-state index in [0.29, 0.717) is 43.5 Å². The van der Waals surface area contributed by atoms with Gasteiger partial charge >= 0.3 is 12.1 Å². The van der Waals surface area contributed by atoms with Gasteiger partial charge in [-0.1, -0.05) is 6.07 Å². The largest absolute Gasteiger partial charge is 0.483 e. The first-order valence-corrected chi connectivity index (χ1v) is 18.5. The topological polar surface area (TPSA) is 197 Å². The minimum atomic E-state index is -1.14. The van der Waals surface area contributed by atoms with Crippen molar-refractivity contribution >= 4 is 46.6 Å². The molecule has 2 aromatic rings. The summed E-state index contributed by atoms with van der Waals surface area (Å²) >= 11 is 0. The Balaban J connectivity index is 1.15. The van der Waals surface area contributed by atoms with E-state index in [1.165, 1.54) is 15.9 Å². The van der Waals surface area contributed by atoms with Gasteiger partial charge in [0.05, 0.1) is 18.7 Å². The van der Waals surface area contributed by atoms with E-state index in [2.05, 4.69) is 15.6 Å². The van der Waals surface area contributed by atoms with Crippen LogP contribution in [-0.4, -0.2) is 138 Å². The van der Waals surface area contributed by atoms with Crippen LogP contribution in [0.4, 0.5) is 4.79 Å². The number of fused-ring (bicyclic) bond motifs is 1. The number of aryl methyl sites for hydroxylation is 1. The Morgan fingerprint density at radius 3 is 2.45 bits per heavy atom. The lowest BCUT2D eigenvalue weighted by atomic mass is 9.93. The van der Waals surface area contributed by atoms with Gasteiger partial charge < -0.3 is 44.7 Å². The highest BCUT2D eigenvalue weighted by Crippen LogP contribution is 2.28. The number of likely N-dealkylation sites (tertiary alicyclic amines) is 1. The van der Waals surface area contributed by atoms with Crippen molar-refractivity contribution in [2.45, 2.75) is 76.4 Å².